The lowest BCUT2D eigenvalue weighted by molar-refractivity contribution is -0.120. The first-order valence-corrected chi connectivity index (χ1v) is 7.78. The van der Waals surface area contributed by atoms with E-state index in [-0.39, 0.29) is 5.91 Å². The summed E-state index contributed by atoms with van der Waals surface area (Å²) in [5, 5.41) is 6.09. The summed E-state index contributed by atoms with van der Waals surface area (Å²) in [5.41, 5.74) is 1.33. The molecule has 0 fully saturated rings. The zero-order valence-electron chi connectivity index (χ0n) is 13.6. The lowest BCUT2D eigenvalue weighted by Gasteiger charge is -2.16. The summed E-state index contributed by atoms with van der Waals surface area (Å²) in [4.78, 5) is 13.8. The maximum atomic E-state index is 11.5. The molecule has 0 bridgehead atoms. The second kappa shape index (κ2) is 10.4. The minimum atomic E-state index is 0.0846. The van der Waals surface area contributed by atoms with Gasteiger partial charge in [0.2, 0.25) is 5.91 Å². The number of hydrogen-bond acceptors (Lipinski definition) is 3. The number of rotatable bonds is 10. The van der Waals surface area contributed by atoms with Gasteiger partial charge in [-0.25, -0.2) is 0 Å². The van der Waals surface area contributed by atoms with Gasteiger partial charge in [-0.1, -0.05) is 44.2 Å². The van der Waals surface area contributed by atoms with Crippen molar-refractivity contribution in [1.82, 2.24) is 15.5 Å². The molecule has 0 unspecified atom stereocenters. The molecule has 0 spiro atoms. The monoisotopic (exact) mass is 291 g/mol. The van der Waals surface area contributed by atoms with Gasteiger partial charge in [-0.2, -0.15) is 0 Å². The van der Waals surface area contributed by atoms with Crippen LogP contribution in [0.3, 0.4) is 0 Å². The fourth-order valence-corrected chi connectivity index (χ4v) is 2.03. The second-order valence-electron chi connectivity index (χ2n) is 5.95. The molecule has 0 radical (unpaired) electrons. The molecule has 0 heterocycles. The molecule has 0 aliphatic rings. The van der Waals surface area contributed by atoms with E-state index >= 15 is 0 Å². The van der Waals surface area contributed by atoms with E-state index < -0.39 is 0 Å². The smallest absolute Gasteiger partial charge is 0.233 e. The molecule has 1 aromatic rings. The first-order chi connectivity index (χ1) is 10.1. The molecule has 0 aliphatic heterocycles. The molecular weight excluding hydrogens is 262 g/mol. The van der Waals surface area contributed by atoms with Gasteiger partial charge in [0.05, 0.1) is 6.54 Å². The maximum Gasteiger partial charge on any atom is 0.233 e. The van der Waals surface area contributed by atoms with Gasteiger partial charge < -0.3 is 15.5 Å². The first kappa shape index (κ1) is 17.7. The Morgan fingerprint density at radius 3 is 2.62 bits per heavy atom. The van der Waals surface area contributed by atoms with Crippen molar-refractivity contribution in [2.24, 2.45) is 5.92 Å². The number of benzene rings is 1. The van der Waals surface area contributed by atoms with Crippen LogP contribution in [0.15, 0.2) is 30.3 Å². The molecule has 1 rings (SSSR count). The summed E-state index contributed by atoms with van der Waals surface area (Å²) in [6.45, 7) is 8.21. The number of hydrogen-bond donors (Lipinski definition) is 2. The van der Waals surface area contributed by atoms with Gasteiger partial charge in [-0.05, 0) is 38.0 Å². The number of amides is 1. The van der Waals surface area contributed by atoms with Crippen molar-refractivity contribution in [1.29, 1.82) is 0 Å². The van der Waals surface area contributed by atoms with Gasteiger partial charge in [-0.15, -0.1) is 0 Å². The zero-order valence-corrected chi connectivity index (χ0v) is 13.6. The third kappa shape index (κ3) is 9.21. The third-order valence-electron chi connectivity index (χ3n) is 3.18. The minimum absolute atomic E-state index is 0.0846. The normalized spacial score (nSPS) is 11.1. The first-order valence-electron chi connectivity index (χ1n) is 7.78. The Kier molecular flexibility index (Phi) is 8.71. The number of carbonyl (C=O) groups excluding carboxylic acids is 1. The van der Waals surface area contributed by atoms with Crippen molar-refractivity contribution >= 4 is 5.91 Å². The summed E-state index contributed by atoms with van der Waals surface area (Å²) in [6, 6.07) is 10.5. The zero-order chi connectivity index (χ0) is 15.5. The highest BCUT2D eigenvalue weighted by Gasteiger charge is 2.02. The van der Waals surface area contributed by atoms with Crippen LogP contribution in [0, 0.1) is 5.92 Å². The molecule has 4 nitrogen and oxygen atoms in total. The molecule has 1 amide bonds. The van der Waals surface area contributed by atoms with Crippen molar-refractivity contribution < 1.29 is 4.79 Å². The molecule has 0 saturated carbocycles. The average Bonchev–Trinajstić information content (AvgIpc) is 2.45. The van der Waals surface area contributed by atoms with E-state index in [0.717, 1.165) is 32.6 Å². The lowest BCUT2D eigenvalue weighted by atomic mass is 10.2. The minimum Gasteiger partial charge on any atom is -0.355 e. The van der Waals surface area contributed by atoms with Crippen LogP contribution in [0.5, 0.6) is 0 Å². The van der Waals surface area contributed by atoms with Gasteiger partial charge in [0.1, 0.15) is 0 Å². The molecule has 0 aromatic heterocycles. The van der Waals surface area contributed by atoms with Crippen molar-refractivity contribution in [3.05, 3.63) is 35.9 Å². The summed E-state index contributed by atoms with van der Waals surface area (Å²) in [7, 11) is 2.13. The maximum absolute atomic E-state index is 11.5. The Hall–Kier alpha value is -1.39. The quantitative estimate of drug-likeness (QED) is 0.647. The fourth-order valence-electron chi connectivity index (χ4n) is 2.03. The van der Waals surface area contributed by atoms with Gasteiger partial charge in [-0.3, -0.25) is 4.79 Å². The highest BCUT2D eigenvalue weighted by molar-refractivity contribution is 5.77. The van der Waals surface area contributed by atoms with Crippen molar-refractivity contribution in [2.45, 2.75) is 26.8 Å². The van der Waals surface area contributed by atoms with Gasteiger partial charge in [0, 0.05) is 13.1 Å². The predicted octanol–water partition coefficient (Wildman–Crippen LogP) is 1.87. The average molecular weight is 291 g/mol. The molecule has 2 N–H and O–H groups in total. The van der Waals surface area contributed by atoms with E-state index in [9.17, 15) is 4.79 Å². The highest BCUT2D eigenvalue weighted by atomic mass is 16.1. The van der Waals surface area contributed by atoms with E-state index in [1.54, 1.807) is 0 Å². The van der Waals surface area contributed by atoms with Crippen LogP contribution in [0.25, 0.3) is 0 Å². The lowest BCUT2D eigenvalue weighted by Crippen LogP contribution is -2.36. The topological polar surface area (TPSA) is 44.4 Å². The van der Waals surface area contributed by atoms with Crippen LogP contribution in [0.2, 0.25) is 0 Å². The standard InChI is InChI=1S/C17H29N3O/c1-15(2)12-19-17(21)13-18-10-7-11-20(3)14-16-8-5-4-6-9-16/h4-6,8-9,15,18H,7,10-14H2,1-3H3,(H,19,21). The Morgan fingerprint density at radius 1 is 1.24 bits per heavy atom. The molecule has 4 heteroatoms. The van der Waals surface area contributed by atoms with Crippen molar-refractivity contribution in [3.63, 3.8) is 0 Å². The molecular formula is C17H29N3O. The molecule has 0 atom stereocenters. The van der Waals surface area contributed by atoms with Crippen LogP contribution >= 0.6 is 0 Å². The van der Waals surface area contributed by atoms with Crippen molar-refractivity contribution in [3.8, 4) is 0 Å². The largest absolute Gasteiger partial charge is 0.355 e. The van der Waals surface area contributed by atoms with Crippen molar-refractivity contribution in [2.75, 3.05) is 33.2 Å². The van der Waals surface area contributed by atoms with Gasteiger partial charge in [0.15, 0.2) is 0 Å². The Bertz CT molecular complexity index is 392. The fraction of sp³-hybridized carbons (Fsp3) is 0.588. The summed E-state index contributed by atoms with van der Waals surface area (Å²) < 4.78 is 0. The SMILES string of the molecule is CC(C)CNC(=O)CNCCCN(C)Cc1ccccc1. The van der Waals surface area contributed by atoms with Gasteiger partial charge in [0.25, 0.3) is 0 Å². The van der Waals surface area contributed by atoms with Crippen LogP contribution < -0.4 is 10.6 Å². The molecule has 0 aliphatic carbocycles. The van der Waals surface area contributed by atoms with Gasteiger partial charge >= 0.3 is 0 Å². The van der Waals surface area contributed by atoms with Crippen LogP contribution in [-0.4, -0.2) is 44.0 Å². The van der Waals surface area contributed by atoms with E-state index in [1.807, 2.05) is 6.07 Å². The van der Waals surface area contributed by atoms with E-state index in [4.69, 9.17) is 0 Å². The molecule has 1 aromatic carbocycles. The van der Waals surface area contributed by atoms with E-state index in [1.165, 1.54) is 5.56 Å². The van der Waals surface area contributed by atoms with Crippen LogP contribution in [0.4, 0.5) is 0 Å². The Labute approximate surface area is 128 Å². The number of nitrogens with one attached hydrogen (secondary N) is 2. The summed E-state index contributed by atoms with van der Waals surface area (Å²) in [5.74, 6) is 0.585. The second-order valence-corrected chi connectivity index (χ2v) is 5.95. The van der Waals surface area contributed by atoms with E-state index in [0.29, 0.717) is 12.5 Å². The number of carbonyl (C=O) groups is 1. The predicted molar refractivity (Wildman–Crippen MR) is 88.1 cm³/mol. The summed E-state index contributed by atoms with van der Waals surface area (Å²) >= 11 is 0. The van der Waals surface area contributed by atoms with Crippen LogP contribution in [0.1, 0.15) is 25.8 Å². The Morgan fingerprint density at radius 2 is 1.95 bits per heavy atom. The van der Waals surface area contributed by atoms with Crippen LogP contribution in [-0.2, 0) is 11.3 Å². The Balaban J connectivity index is 2.02. The molecule has 118 valence electrons. The number of nitrogens with zero attached hydrogens (tertiary/aromatic N) is 1. The van der Waals surface area contributed by atoms with E-state index in [2.05, 4.69) is 60.7 Å². The third-order valence-corrected chi connectivity index (χ3v) is 3.18. The molecule has 21 heavy (non-hydrogen) atoms. The summed E-state index contributed by atoms with van der Waals surface area (Å²) in [6.07, 6.45) is 1.04. The highest BCUT2D eigenvalue weighted by Crippen LogP contribution is 2.02. The molecule has 0 saturated heterocycles.